The molecule has 0 saturated carbocycles. The summed E-state index contributed by atoms with van der Waals surface area (Å²) >= 11 is 6.15. The van der Waals surface area contributed by atoms with Crippen LogP contribution in [0.4, 0.5) is 30.4 Å². The quantitative estimate of drug-likeness (QED) is 0.222. The molecule has 0 aliphatic heterocycles. The van der Waals surface area contributed by atoms with E-state index in [0.29, 0.717) is 33.4 Å². The third-order valence-electron chi connectivity index (χ3n) is 5.69. The van der Waals surface area contributed by atoms with Crippen molar-refractivity contribution >= 4 is 45.7 Å². The molecule has 0 aliphatic carbocycles. The first-order valence-electron chi connectivity index (χ1n) is 11.1. The molecule has 3 aromatic carbocycles. The molecular formula is C27H19ClF3N5O. The molecule has 5 rings (SSSR count). The number of halogens is 4. The van der Waals surface area contributed by atoms with E-state index in [1.54, 1.807) is 36.5 Å². The first-order chi connectivity index (χ1) is 17.7. The first kappa shape index (κ1) is 24.3. The number of alkyl halides is 3. The number of aromatic nitrogens is 3. The Hall–Kier alpha value is -4.37. The molecule has 3 N–H and O–H groups in total. The minimum Gasteiger partial charge on any atom is -0.357 e. The molecule has 6 nitrogen and oxygen atoms in total. The van der Waals surface area contributed by atoms with E-state index in [1.807, 2.05) is 25.1 Å². The summed E-state index contributed by atoms with van der Waals surface area (Å²) in [5, 5.41) is 6.36. The van der Waals surface area contributed by atoms with Crippen LogP contribution in [0, 0.1) is 6.92 Å². The van der Waals surface area contributed by atoms with Crippen LogP contribution in [0.2, 0.25) is 5.02 Å². The lowest BCUT2D eigenvalue weighted by atomic mass is 10.1. The Morgan fingerprint density at radius 2 is 1.78 bits per heavy atom. The minimum atomic E-state index is -4.51. The molecule has 186 valence electrons. The van der Waals surface area contributed by atoms with Gasteiger partial charge in [0.1, 0.15) is 5.52 Å². The number of anilines is 3. The summed E-state index contributed by atoms with van der Waals surface area (Å²) in [4.78, 5) is 25.3. The lowest BCUT2D eigenvalue weighted by molar-refractivity contribution is -0.137. The number of rotatable bonds is 5. The van der Waals surface area contributed by atoms with Gasteiger partial charge in [-0.15, -0.1) is 0 Å². The van der Waals surface area contributed by atoms with Gasteiger partial charge in [0.15, 0.2) is 11.6 Å². The number of carbonyl (C=O) groups excluding carboxylic acids is 1. The predicted molar refractivity (Wildman–Crippen MR) is 138 cm³/mol. The molecule has 1 amide bonds. The van der Waals surface area contributed by atoms with Crippen LogP contribution < -0.4 is 10.6 Å². The second kappa shape index (κ2) is 9.59. The zero-order valence-electron chi connectivity index (χ0n) is 19.3. The van der Waals surface area contributed by atoms with Gasteiger partial charge >= 0.3 is 6.18 Å². The fourth-order valence-electron chi connectivity index (χ4n) is 3.79. The highest BCUT2D eigenvalue weighted by Crippen LogP contribution is 2.32. The molecule has 37 heavy (non-hydrogen) atoms. The number of nitrogens with zero attached hydrogens (tertiary/aromatic N) is 2. The van der Waals surface area contributed by atoms with Gasteiger partial charge in [0.2, 0.25) is 0 Å². The second-order valence-electron chi connectivity index (χ2n) is 8.33. The summed E-state index contributed by atoms with van der Waals surface area (Å²) in [6.45, 7) is 1.86. The van der Waals surface area contributed by atoms with Crippen LogP contribution in [0.3, 0.4) is 0 Å². The SMILES string of the molecule is Cc1ccc(C(=O)Nc2cccc(C(F)(F)F)c2)cc1Nc1nc(-c2cccc(Cl)c2)nc2cc[nH]c12. The highest BCUT2D eigenvalue weighted by molar-refractivity contribution is 6.30. The molecule has 0 unspecified atom stereocenters. The Balaban J connectivity index is 1.46. The van der Waals surface area contributed by atoms with Gasteiger partial charge in [-0.2, -0.15) is 13.2 Å². The molecule has 5 aromatic rings. The van der Waals surface area contributed by atoms with Crippen molar-refractivity contribution in [2.24, 2.45) is 0 Å². The van der Waals surface area contributed by atoms with Crippen molar-refractivity contribution in [1.29, 1.82) is 0 Å². The molecule has 0 radical (unpaired) electrons. The zero-order valence-corrected chi connectivity index (χ0v) is 20.1. The molecule has 0 fully saturated rings. The van der Waals surface area contributed by atoms with Gasteiger partial charge in [-0.05, 0) is 61.0 Å². The lowest BCUT2D eigenvalue weighted by Crippen LogP contribution is -2.13. The van der Waals surface area contributed by atoms with Crippen molar-refractivity contribution in [3.05, 3.63) is 101 Å². The van der Waals surface area contributed by atoms with Crippen LogP contribution in [-0.2, 0) is 6.18 Å². The number of amides is 1. The largest absolute Gasteiger partial charge is 0.416 e. The van der Waals surface area contributed by atoms with Crippen molar-refractivity contribution in [3.8, 4) is 11.4 Å². The number of carbonyl (C=O) groups is 1. The Labute approximate surface area is 214 Å². The van der Waals surface area contributed by atoms with E-state index < -0.39 is 17.6 Å². The van der Waals surface area contributed by atoms with E-state index in [9.17, 15) is 18.0 Å². The fraction of sp³-hybridized carbons (Fsp3) is 0.0741. The molecule has 2 aromatic heterocycles. The number of nitrogens with one attached hydrogen (secondary N) is 3. The third-order valence-corrected chi connectivity index (χ3v) is 5.92. The average Bonchev–Trinajstić information content (AvgIpc) is 3.34. The van der Waals surface area contributed by atoms with Crippen molar-refractivity contribution in [2.45, 2.75) is 13.1 Å². The van der Waals surface area contributed by atoms with Gasteiger partial charge in [-0.3, -0.25) is 4.79 Å². The maximum absolute atomic E-state index is 13.0. The Bertz CT molecular complexity index is 1630. The second-order valence-corrected chi connectivity index (χ2v) is 8.77. The molecule has 0 spiro atoms. The minimum absolute atomic E-state index is 0.0463. The number of benzene rings is 3. The highest BCUT2D eigenvalue weighted by Gasteiger charge is 2.30. The average molecular weight is 522 g/mol. The van der Waals surface area contributed by atoms with Crippen LogP contribution in [0.1, 0.15) is 21.5 Å². The number of H-pyrrole nitrogens is 1. The predicted octanol–water partition coefficient (Wildman–Crippen LogP) is 7.60. The van der Waals surface area contributed by atoms with Crippen LogP contribution in [-0.4, -0.2) is 20.9 Å². The van der Waals surface area contributed by atoms with E-state index in [2.05, 4.69) is 25.6 Å². The van der Waals surface area contributed by atoms with Gasteiger partial charge in [-0.25, -0.2) is 9.97 Å². The van der Waals surface area contributed by atoms with E-state index >= 15 is 0 Å². The lowest BCUT2D eigenvalue weighted by Gasteiger charge is -2.14. The van der Waals surface area contributed by atoms with Crippen LogP contribution in [0.15, 0.2) is 79.0 Å². The molecule has 0 bridgehead atoms. The van der Waals surface area contributed by atoms with Crippen LogP contribution in [0.5, 0.6) is 0 Å². The van der Waals surface area contributed by atoms with Crippen molar-refractivity contribution < 1.29 is 18.0 Å². The summed E-state index contributed by atoms with van der Waals surface area (Å²) in [5.74, 6) is 0.409. The molecule has 0 saturated heterocycles. The topological polar surface area (TPSA) is 82.7 Å². The van der Waals surface area contributed by atoms with Gasteiger partial charge in [0.05, 0.1) is 11.1 Å². The number of aromatic amines is 1. The molecule has 0 aliphatic rings. The van der Waals surface area contributed by atoms with Crippen LogP contribution >= 0.6 is 11.6 Å². The zero-order chi connectivity index (χ0) is 26.2. The molecule has 2 heterocycles. The van der Waals surface area contributed by atoms with Crippen LogP contribution in [0.25, 0.3) is 22.4 Å². The van der Waals surface area contributed by atoms with Crippen molar-refractivity contribution in [3.63, 3.8) is 0 Å². The monoisotopic (exact) mass is 521 g/mol. The van der Waals surface area contributed by atoms with Gasteiger partial charge in [0.25, 0.3) is 5.91 Å². The molecule has 10 heteroatoms. The Morgan fingerprint density at radius 3 is 2.57 bits per heavy atom. The number of aryl methyl sites for hydroxylation is 1. The Morgan fingerprint density at radius 1 is 0.973 bits per heavy atom. The number of hydrogen-bond donors (Lipinski definition) is 3. The third kappa shape index (κ3) is 5.26. The van der Waals surface area contributed by atoms with E-state index in [4.69, 9.17) is 11.6 Å². The van der Waals surface area contributed by atoms with Gasteiger partial charge in [0, 0.05) is 33.7 Å². The maximum atomic E-state index is 13.0. The normalized spacial score (nSPS) is 11.5. The number of fused-ring (bicyclic) bond motifs is 1. The number of hydrogen-bond acceptors (Lipinski definition) is 4. The van der Waals surface area contributed by atoms with E-state index in [0.717, 1.165) is 23.3 Å². The molecule has 0 atom stereocenters. The molecular weight excluding hydrogens is 503 g/mol. The summed E-state index contributed by atoms with van der Waals surface area (Å²) in [6.07, 6.45) is -2.76. The van der Waals surface area contributed by atoms with Crippen molar-refractivity contribution in [1.82, 2.24) is 15.0 Å². The maximum Gasteiger partial charge on any atom is 0.416 e. The first-order valence-corrected chi connectivity index (χ1v) is 11.5. The Kier molecular flexibility index (Phi) is 6.31. The smallest absolute Gasteiger partial charge is 0.357 e. The van der Waals surface area contributed by atoms with E-state index in [1.165, 1.54) is 12.1 Å². The summed E-state index contributed by atoms with van der Waals surface area (Å²) in [7, 11) is 0. The van der Waals surface area contributed by atoms with Crippen molar-refractivity contribution in [2.75, 3.05) is 10.6 Å². The van der Waals surface area contributed by atoms with Gasteiger partial charge < -0.3 is 15.6 Å². The van der Waals surface area contributed by atoms with Gasteiger partial charge in [-0.1, -0.05) is 35.9 Å². The highest BCUT2D eigenvalue weighted by atomic mass is 35.5. The van der Waals surface area contributed by atoms with E-state index in [-0.39, 0.29) is 11.3 Å². The standard InChI is InChI=1S/C27H19ClF3N5O/c1-15-8-9-17(26(37)33-20-7-3-5-18(14-20)27(29,30)31)13-22(15)35-25-23-21(10-11-32-23)34-24(36-25)16-4-2-6-19(28)12-16/h2-14,32H,1H3,(H,33,37)(H,34,35,36). The summed E-state index contributed by atoms with van der Waals surface area (Å²) < 4.78 is 39.1. The summed E-state index contributed by atoms with van der Waals surface area (Å²) in [6, 6.07) is 18.5. The fourth-order valence-corrected chi connectivity index (χ4v) is 3.98. The summed E-state index contributed by atoms with van der Waals surface area (Å²) in [5.41, 5.74) is 2.99.